The molecule has 1 N–H and O–H groups in total. The van der Waals surface area contributed by atoms with Crippen molar-refractivity contribution in [2.45, 2.75) is 31.8 Å². The summed E-state index contributed by atoms with van der Waals surface area (Å²) in [5.74, 6) is 1.78. The molecule has 0 atom stereocenters. The van der Waals surface area contributed by atoms with E-state index in [-0.39, 0.29) is 6.10 Å². The summed E-state index contributed by atoms with van der Waals surface area (Å²) < 4.78 is 0. The Morgan fingerprint density at radius 3 is 2.25 bits per heavy atom. The third kappa shape index (κ3) is 2.20. The minimum absolute atomic E-state index is 0.0179. The third-order valence-corrected chi connectivity index (χ3v) is 3.05. The Morgan fingerprint density at radius 2 is 1.75 bits per heavy atom. The van der Waals surface area contributed by atoms with E-state index in [0.29, 0.717) is 0 Å². The second-order valence-corrected chi connectivity index (χ2v) is 4.66. The van der Waals surface area contributed by atoms with Crippen molar-refractivity contribution in [3.05, 3.63) is 0 Å². The molecule has 0 bridgehead atoms. The SMILES string of the molecule is CN(CC1CC1)CC1CC(O)C1. The second kappa shape index (κ2) is 3.35. The van der Waals surface area contributed by atoms with E-state index in [0.717, 1.165) is 24.7 Å². The van der Waals surface area contributed by atoms with E-state index in [1.165, 1.54) is 25.9 Å². The van der Waals surface area contributed by atoms with E-state index in [4.69, 9.17) is 5.11 Å². The number of rotatable bonds is 4. The van der Waals surface area contributed by atoms with Crippen molar-refractivity contribution in [1.82, 2.24) is 4.90 Å². The van der Waals surface area contributed by atoms with Gasteiger partial charge in [-0.25, -0.2) is 0 Å². The van der Waals surface area contributed by atoms with Crippen LogP contribution in [-0.4, -0.2) is 36.2 Å². The molecule has 0 heterocycles. The Balaban J connectivity index is 1.58. The fraction of sp³-hybridized carbons (Fsp3) is 1.00. The zero-order chi connectivity index (χ0) is 8.55. The summed E-state index contributed by atoms with van der Waals surface area (Å²) in [4.78, 5) is 2.44. The zero-order valence-corrected chi connectivity index (χ0v) is 7.87. The van der Waals surface area contributed by atoms with E-state index in [1.54, 1.807) is 0 Å². The molecule has 0 radical (unpaired) electrons. The fourth-order valence-electron chi connectivity index (χ4n) is 2.11. The van der Waals surface area contributed by atoms with Crippen molar-refractivity contribution in [2.24, 2.45) is 11.8 Å². The maximum absolute atomic E-state index is 9.11. The molecule has 0 aliphatic heterocycles. The summed E-state index contributed by atoms with van der Waals surface area (Å²) in [6.45, 7) is 2.49. The maximum atomic E-state index is 9.11. The Hall–Kier alpha value is -0.0800. The van der Waals surface area contributed by atoms with Crippen molar-refractivity contribution >= 4 is 0 Å². The summed E-state index contributed by atoms with van der Waals surface area (Å²) >= 11 is 0. The molecule has 2 nitrogen and oxygen atoms in total. The minimum atomic E-state index is 0.0179. The van der Waals surface area contributed by atoms with Crippen molar-refractivity contribution < 1.29 is 5.11 Å². The van der Waals surface area contributed by atoms with Crippen LogP contribution in [-0.2, 0) is 0 Å². The zero-order valence-electron chi connectivity index (χ0n) is 7.87. The molecule has 0 saturated heterocycles. The van der Waals surface area contributed by atoms with Gasteiger partial charge >= 0.3 is 0 Å². The topological polar surface area (TPSA) is 23.5 Å². The molecular weight excluding hydrogens is 150 g/mol. The average molecular weight is 169 g/mol. The summed E-state index contributed by atoms with van der Waals surface area (Å²) in [7, 11) is 2.21. The molecule has 0 aromatic carbocycles. The number of nitrogens with zero attached hydrogens (tertiary/aromatic N) is 1. The third-order valence-electron chi connectivity index (χ3n) is 3.05. The van der Waals surface area contributed by atoms with Gasteiger partial charge in [0, 0.05) is 13.1 Å². The summed E-state index contributed by atoms with van der Waals surface area (Å²) in [6.07, 6.45) is 4.98. The lowest BCUT2D eigenvalue weighted by Crippen LogP contribution is -2.37. The molecular formula is C10H19NO. The monoisotopic (exact) mass is 169 g/mol. The molecule has 0 aromatic heterocycles. The standard InChI is InChI=1S/C10H19NO/c1-11(6-8-2-3-8)7-9-4-10(12)5-9/h8-10,12H,2-7H2,1H3. The van der Waals surface area contributed by atoms with E-state index in [2.05, 4.69) is 11.9 Å². The van der Waals surface area contributed by atoms with Gasteiger partial charge in [-0.15, -0.1) is 0 Å². The highest BCUT2D eigenvalue weighted by atomic mass is 16.3. The van der Waals surface area contributed by atoms with Crippen molar-refractivity contribution in [2.75, 3.05) is 20.1 Å². The predicted molar refractivity (Wildman–Crippen MR) is 49.0 cm³/mol. The molecule has 2 aliphatic carbocycles. The van der Waals surface area contributed by atoms with Crippen LogP contribution in [0.15, 0.2) is 0 Å². The van der Waals surface area contributed by atoms with E-state index in [9.17, 15) is 0 Å². The van der Waals surface area contributed by atoms with E-state index < -0.39 is 0 Å². The van der Waals surface area contributed by atoms with Gasteiger partial charge < -0.3 is 10.0 Å². The quantitative estimate of drug-likeness (QED) is 0.681. The largest absolute Gasteiger partial charge is 0.393 e. The molecule has 0 amide bonds. The summed E-state index contributed by atoms with van der Waals surface area (Å²) in [6, 6.07) is 0. The van der Waals surface area contributed by atoms with Crippen LogP contribution >= 0.6 is 0 Å². The van der Waals surface area contributed by atoms with Crippen LogP contribution in [0.3, 0.4) is 0 Å². The highest BCUT2D eigenvalue weighted by molar-refractivity contribution is 4.82. The van der Waals surface area contributed by atoms with Gasteiger partial charge in [0.25, 0.3) is 0 Å². The lowest BCUT2D eigenvalue weighted by molar-refractivity contribution is 0.0278. The van der Waals surface area contributed by atoms with Crippen LogP contribution in [0, 0.1) is 11.8 Å². The van der Waals surface area contributed by atoms with Gasteiger partial charge in [0.2, 0.25) is 0 Å². The van der Waals surface area contributed by atoms with Gasteiger partial charge in [0.1, 0.15) is 0 Å². The van der Waals surface area contributed by atoms with Crippen LogP contribution in [0.2, 0.25) is 0 Å². The molecule has 2 rings (SSSR count). The van der Waals surface area contributed by atoms with Gasteiger partial charge in [-0.3, -0.25) is 0 Å². The predicted octanol–water partition coefficient (Wildman–Crippen LogP) is 1.10. The molecule has 70 valence electrons. The molecule has 0 unspecified atom stereocenters. The summed E-state index contributed by atoms with van der Waals surface area (Å²) in [5.41, 5.74) is 0. The smallest absolute Gasteiger partial charge is 0.0546 e. The van der Waals surface area contributed by atoms with Gasteiger partial charge in [0.05, 0.1) is 6.10 Å². The Labute approximate surface area is 74.6 Å². The molecule has 2 fully saturated rings. The number of hydrogen-bond acceptors (Lipinski definition) is 2. The van der Waals surface area contributed by atoms with E-state index >= 15 is 0 Å². The lowest BCUT2D eigenvalue weighted by atomic mass is 9.82. The van der Waals surface area contributed by atoms with Crippen LogP contribution < -0.4 is 0 Å². The summed E-state index contributed by atoms with van der Waals surface area (Å²) in [5, 5.41) is 9.11. The van der Waals surface area contributed by atoms with Crippen LogP contribution in [0.5, 0.6) is 0 Å². The van der Waals surface area contributed by atoms with Crippen molar-refractivity contribution in [3.8, 4) is 0 Å². The Kier molecular flexibility index (Phi) is 2.37. The van der Waals surface area contributed by atoms with Gasteiger partial charge in [0.15, 0.2) is 0 Å². The number of aliphatic hydroxyl groups excluding tert-OH is 1. The molecule has 2 aliphatic rings. The second-order valence-electron chi connectivity index (χ2n) is 4.66. The first-order valence-electron chi connectivity index (χ1n) is 5.10. The molecule has 2 saturated carbocycles. The lowest BCUT2D eigenvalue weighted by Gasteiger charge is -2.34. The van der Waals surface area contributed by atoms with Gasteiger partial charge in [-0.05, 0) is 44.6 Å². The van der Waals surface area contributed by atoms with Crippen molar-refractivity contribution in [3.63, 3.8) is 0 Å². The highest BCUT2D eigenvalue weighted by Crippen LogP contribution is 2.31. The molecule has 2 heteroatoms. The highest BCUT2D eigenvalue weighted by Gasteiger charge is 2.29. The first kappa shape index (κ1) is 8.52. The van der Waals surface area contributed by atoms with Gasteiger partial charge in [-0.2, -0.15) is 0 Å². The molecule has 12 heavy (non-hydrogen) atoms. The van der Waals surface area contributed by atoms with Crippen LogP contribution in [0.25, 0.3) is 0 Å². The van der Waals surface area contributed by atoms with Gasteiger partial charge in [-0.1, -0.05) is 0 Å². The Bertz CT molecular complexity index is 150. The fourth-order valence-corrected chi connectivity index (χ4v) is 2.11. The first-order chi connectivity index (χ1) is 5.74. The number of hydrogen-bond donors (Lipinski definition) is 1. The van der Waals surface area contributed by atoms with Crippen molar-refractivity contribution in [1.29, 1.82) is 0 Å². The van der Waals surface area contributed by atoms with Crippen LogP contribution in [0.1, 0.15) is 25.7 Å². The molecule has 0 aromatic rings. The minimum Gasteiger partial charge on any atom is -0.393 e. The first-order valence-corrected chi connectivity index (χ1v) is 5.10. The van der Waals surface area contributed by atoms with E-state index in [1.807, 2.05) is 0 Å². The average Bonchev–Trinajstić information content (AvgIpc) is 2.68. The van der Waals surface area contributed by atoms with Crippen LogP contribution in [0.4, 0.5) is 0 Å². The normalized spacial score (nSPS) is 35.2. The molecule has 0 spiro atoms. The number of aliphatic hydroxyl groups is 1. The maximum Gasteiger partial charge on any atom is 0.0546 e. The Morgan fingerprint density at radius 1 is 1.17 bits per heavy atom.